The van der Waals surface area contributed by atoms with E-state index in [-0.39, 0.29) is 5.41 Å². The molecule has 0 aliphatic carbocycles. The second kappa shape index (κ2) is 3.95. The molecule has 0 bridgehead atoms. The Morgan fingerprint density at radius 1 is 1.27 bits per heavy atom. The van der Waals surface area contributed by atoms with Crippen LogP contribution >= 0.6 is 0 Å². The molecule has 0 aromatic heterocycles. The maximum atomic E-state index is 5.91. The van der Waals surface area contributed by atoms with Gasteiger partial charge < -0.3 is 10.6 Å². The molecule has 15 heavy (non-hydrogen) atoms. The van der Waals surface area contributed by atoms with Crippen molar-refractivity contribution in [1.29, 1.82) is 0 Å². The molecule has 0 radical (unpaired) electrons. The molecule has 0 spiro atoms. The van der Waals surface area contributed by atoms with Crippen molar-refractivity contribution in [2.24, 2.45) is 5.73 Å². The van der Waals surface area contributed by atoms with Gasteiger partial charge >= 0.3 is 0 Å². The van der Waals surface area contributed by atoms with Gasteiger partial charge in [-0.25, -0.2) is 0 Å². The van der Waals surface area contributed by atoms with Crippen LogP contribution in [0, 0.1) is 0 Å². The first-order chi connectivity index (χ1) is 7.20. The minimum Gasteiger partial charge on any atom is -0.329 e. The van der Waals surface area contributed by atoms with Crippen molar-refractivity contribution in [2.75, 3.05) is 26.7 Å². The van der Waals surface area contributed by atoms with Crippen LogP contribution in [0.3, 0.4) is 0 Å². The number of aryl methyl sites for hydroxylation is 1. The first kappa shape index (κ1) is 10.7. The van der Waals surface area contributed by atoms with Gasteiger partial charge in [0, 0.05) is 25.0 Å². The molecule has 0 saturated carbocycles. The highest BCUT2D eigenvalue weighted by molar-refractivity contribution is 5.33. The molecule has 1 fully saturated rings. The number of nitrogens with two attached hydrogens (primary N) is 1. The molecule has 0 amide bonds. The Hall–Kier alpha value is -0.860. The third-order valence-corrected chi connectivity index (χ3v) is 3.51. The molecule has 1 aromatic rings. The van der Waals surface area contributed by atoms with Gasteiger partial charge in [-0.15, -0.1) is 0 Å². The minimum atomic E-state index is 0.223. The van der Waals surface area contributed by atoms with Crippen LogP contribution in [0.5, 0.6) is 0 Å². The van der Waals surface area contributed by atoms with Crippen LogP contribution in [0.25, 0.3) is 0 Å². The van der Waals surface area contributed by atoms with E-state index in [0.29, 0.717) is 0 Å². The number of hydrogen-bond acceptors (Lipinski definition) is 2. The first-order valence-corrected chi connectivity index (χ1v) is 5.68. The molecule has 2 N–H and O–H groups in total. The lowest BCUT2D eigenvalue weighted by molar-refractivity contribution is 0.100. The van der Waals surface area contributed by atoms with Gasteiger partial charge in [0.25, 0.3) is 0 Å². The van der Waals surface area contributed by atoms with Gasteiger partial charge in [-0.3, -0.25) is 0 Å². The van der Waals surface area contributed by atoms with Crippen LogP contribution in [-0.4, -0.2) is 31.6 Å². The second-order valence-corrected chi connectivity index (χ2v) is 4.71. The quantitative estimate of drug-likeness (QED) is 0.806. The van der Waals surface area contributed by atoms with E-state index in [1.807, 2.05) is 0 Å². The molecular weight excluding hydrogens is 184 g/mol. The highest BCUT2D eigenvalue weighted by atomic mass is 15.2. The van der Waals surface area contributed by atoms with E-state index in [2.05, 4.69) is 43.1 Å². The smallest absolute Gasteiger partial charge is 0.0329 e. The van der Waals surface area contributed by atoms with Gasteiger partial charge in [-0.2, -0.15) is 0 Å². The summed E-state index contributed by atoms with van der Waals surface area (Å²) in [5.41, 5.74) is 8.93. The van der Waals surface area contributed by atoms with Crippen molar-refractivity contribution < 1.29 is 0 Å². The fourth-order valence-electron chi connectivity index (χ4n) is 2.51. The number of likely N-dealkylation sites (N-methyl/N-ethyl adjacent to an activating group) is 1. The summed E-state index contributed by atoms with van der Waals surface area (Å²) in [6.45, 7) is 5.12. The average Bonchev–Trinajstić information content (AvgIpc) is 2.25. The predicted octanol–water partition coefficient (Wildman–Crippen LogP) is 1.39. The number of nitrogens with zero attached hydrogens (tertiary/aromatic N) is 1. The summed E-state index contributed by atoms with van der Waals surface area (Å²) in [4.78, 5) is 2.32. The topological polar surface area (TPSA) is 29.3 Å². The summed E-state index contributed by atoms with van der Waals surface area (Å²) in [5, 5.41) is 0. The second-order valence-electron chi connectivity index (χ2n) is 4.71. The normalized spacial score (nSPS) is 19.9. The van der Waals surface area contributed by atoms with Gasteiger partial charge in [-0.1, -0.05) is 31.2 Å². The molecule has 2 heteroatoms. The molecule has 1 saturated heterocycles. The lowest BCUT2D eigenvalue weighted by Gasteiger charge is -2.48. The number of likely N-dealkylation sites (tertiary alicyclic amines) is 1. The van der Waals surface area contributed by atoms with Crippen molar-refractivity contribution in [1.82, 2.24) is 4.90 Å². The van der Waals surface area contributed by atoms with Crippen LogP contribution in [0.4, 0.5) is 0 Å². The van der Waals surface area contributed by atoms with Gasteiger partial charge in [-0.05, 0) is 24.6 Å². The monoisotopic (exact) mass is 204 g/mol. The van der Waals surface area contributed by atoms with Gasteiger partial charge in [0.05, 0.1) is 0 Å². The lowest BCUT2D eigenvalue weighted by atomic mass is 9.74. The summed E-state index contributed by atoms with van der Waals surface area (Å²) in [5.74, 6) is 0. The third kappa shape index (κ3) is 1.80. The van der Waals surface area contributed by atoms with E-state index in [0.717, 1.165) is 26.1 Å². The van der Waals surface area contributed by atoms with E-state index in [1.54, 1.807) is 0 Å². The summed E-state index contributed by atoms with van der Waals surface area (Å²) < 4.78 is 0. The maximum absolute atomic E-state index is 5.91. The lowest BCUT2D eigenvalue weighted by Crippen LogP contribution is -2.61. The van der Waals surface area contributed by atoms with Crippen molar-refractivity contribution in [2.45, 2.75) is 18.8 Å². The molecule has 2 rings (SSSR count). The van der Waals surface area contributed by atoms with E-state index in [1.165, 1.54) is 11.1 Å². The first-order valence-electron chi connectivity index (χ1n) is 5.68. The summed E-state index contributed by atoms with van der Waals surface area (Å²) >= 11 is 0. The zero-order valence-corrected chi connectivity index (χ0v) is 9.66. The van der Waals surface area contributed by atoms with E-state index >= 15 is 0 Å². The molecule has 0 atom stereocenters. The van der Waals surface area contributed by atoms with Gasteiger partial charge in [0.1, 0.15) is 0 Å². The van der Waals surface area contributed by atoms with E-state index in [9.17, 15) is 0 Å². The average molecular weight is 204 g/mol. The van der Waals surface area contributed by atoms with E-state index in [4.69, 9.17) is 5.73 Å². The molecule has 2 nitrogen and oxygen atoms in total. The van der Waals surface area contributed by atoms with Crippen molar-refractivity contribution in [3.63, 3.8) is 0 Å². The Bertz CT molecular complexity index is 323. The molecule has 1 aliphatic rings. The Kier molecular flexibility index (Phi) is 2.81. The van der Waals surface area contributed by atoms with Crippen molar-refractivity contribution in [3.8, 4) is 0 Å². The van der Waals surface area contributed by atoms with Gasteiger partial charge in [0.15, 0.2) is 0 Å². The zero-order valence-electron chi connectivity index (χ0n) is 9.66. The Balaban J connectivity index is 2.21. The standard InChI is InChI=1S/C13H20N2/c1-3-11-4-6-12(7-5-11)13(8-14)9-15(2)10-13/h4-7H,3,8-10,14H2,1-2H3. The molecule has 1 heterocycles. The Morgan fingerprint density at radius 2 is 1.87 bits per heavy atom. The van der Waals surface area contributed by atoms with Crippen LogP contribution in [0.15, 0.2) is 24.3 Å². The molecule has 1 aliphatic heterocycles. The van der Waals surface area contributed by atoms with Crippen LogP contribution in [0.1, 0.15) is 18.1 Å². The maximum Gasteiger partial charge on any atom is 0.0329 e. The highest BCUT2D eigenvalue weighted by Gasteiger charge is 2.41. The molecular formula is C13H20N2. The summed E-state index contributed by atoms with van der Waals surface area (Å²) in [6.07, 6.45) is 1.11. The summed E-state index contributed by atoms with van der Waals surface area (Å²) in [7, 11) is 2.15. The Labute approximate surface area is 92.1 Å². The van der Waals surface area contributed by atoms with E-state index < -0.39 is 0 Å². The number of rotatable bonds is 3. The minimum absolute atomic E-state index is 0.223. The SMILES string of the molecule is CCc1ccc(C2(CN)CN(C)C2)cc1. The van der Waals surface area contributed by atoms with Crippen LogP contribution < -0.4 is 5.73 Å². The van der Waals surface area contributed by atoms with Crippen LogP contribution in [0.2, 0.25) is 0 Å². The molecule has 82 valence electrons. The number of hydrogen-bond donors (Lipinski definition) is 1. The van der Waals surface area contributed by atoms with Crippen LogP contribution in [-0.2, 0) is 11.8 Å². The van der Waals surface area contributed by atoms with Gasteiger partial charge in [0.2, 0.25) is 0 Å². The summed E-state index contributed by atoms with van der Waals surface area (Å²) in [6, 6.07) is 8.95. The predicted molar refractivity (Wildman–Crippen MR) is 64.0 cm³/mol. The number of benzene rings is 1. The Morgan fingerprint density at radius 3 is 2.27 bits per heavy atom. The highest BCUT2D eigenvalue weighted by Crippen LogP contribution is 2.32. The fourth-order valence-corrected chi connectivity index (χ4v) is 2.51. The fraction of sp³-hybridized carbons (Fsp3) is 0.538. The molecule has 1 aromatic carbocycles. The third-order valence-electron chi connectivity index (χ3n) is 3.51. The van der Waals surface area contributed by atoms with Crippen molar-refractivity contribution in [3.05, 3.63) is 35.4 Å². The van der Waals surface area contributed by atoms with Crippen molar-refractivity contribution >= 4 is 0 Å². The largest absolute Gasteiger partial charge is 0.329 e. The zero-order chi connectivity index (χ0) is 10.9. The molecule has 0 unspecified atom stereocenters.